The Balaban J connectivity index is 1.59. The van der Waals surface area contributed by atoms with E-state index < -0.39 is 11.9 Å². The van der Waals surface area contributed by atoms with Crippen LogP contribution in [0.4, 0.5) is 0 Å². The maximum Gasteiger partial charge on any atom is 0.343 e. The van der Waals surface area contributed by atoms with Gasteiger partial charge in [-0.05, 0) is 70.9 Å². The van der Waals surface area contributed by atoms with Crippen molar-refractivity contribution in [3.8, 4) is 17.2 Å². The van der Waals surface area contributed by atoms with Crippen molar-refractivity contribution in [3.63, 3.8) is 0 Å². The van der Waals surface area contributed by atoms with Crippen molar-refractivity contribution in [3.05, 3.63) is 88.4 Å². The Hall–Kier alpha value is -3.65. The minimum atomic E-state index is -0.481. The molecule has 0 aliphatic rings. The van der Waals surface area contributed by atoms with E-state index in [-0.39, 0.29) is 6.61 Å². The maximum atomic E-state index is 12.3. The number of carbonyl (C=O) groups excluding carboxylic acids is 2. The first-order valence-electron chi connectivity index (χ1n) is 9.80. The molecule has 0 aromatic heterocycles. The lowest BCUT2D eigenvalue weighted by atomic mass is 10.2. The summed E-state index contributed by atoms with van der Waals surface area (Å²) in [4.78, 5) is 24.3. The SMILES string of the molecule is CCOc1cc(/C=N\NC(=O)COc2ccccc2Br)ccc1OC(=O)c1ccccc1. The van der Waals surface area contributed by atoms with Crippen LogP contribution in [0.2, 0.25) is 0 Å². The lowest BCUT2D eigenvalue weighted by Crippen LogP contribution is -2.24. The van der Waals surface area contributed by atoms with Gasteiger partial charge < -0.3 is 14.2 Å². The molecular formula is C24H21BrN2O5. The van der Waals surface area contributed by atoms with Crippen LogP contribution >= 0.6 is 15.9 Å². The summed E-state index contributed by atoms with van der Waals surface area (Å²) in [6.07, 6.45) is 1.46. The van der Waals surface area contributed by atoms with Crippen LogP contribution in [0.5, 0.6) is 17.2 Å². The van der Waals surface area contributed by atoms with E-state index in [0.717, 1.165) is 4.47 Å². The zero-order chi connectivity index (χ0) is 22.8. The van der Waals surface area contributed by atoms with Crippen LogP contribution in [0, 0.1) is 0 Å². The Morgan fingerprint density at radius 3 is 2.44 bits per heavy atom. The fourth-order valence-corrected chi connectivity index (χ4v) is 3.01. The van der Waals surface area contributed by atoms with Gasteiger partial charge in [0, 0.05) is 0 Å². The second kappa shape index (κ2) is 11.7. The molecule has 0 spiro atoms. The molecule has 164 valence electrons. The van der Waals surface area contributed by atoms with Crippen molar-refractivity contribution in [1.82, 2.24) is 5.43 Å². The van der Waals surface area contributed by atoms with E-state index >= 15 is 0 Å². The van der Waals surface area contributed by atoms with Crippen LogP contribution in [0.3, 0.4) is 0 Å². The number of carbonyl (C=O) groups is 2. The number of para-hydroxylation sites is 1. The summed E-state index contributed by atoms with van der Waals surface area (Å²) in [6, 6.07) is 20.9. The highest BCUT2D eigenvalue weighted by molar-refractivity contribution is 9.10. The van der Waals surface area contributed by atoms with Crippen LogP contribution in [0.25, 0.3) is 0 Å². The Bertz CT molecular complexity index is 1100. The number of nitrogens with one attached hydrogen (secondary N) is 1. The van der Waals surface area contributed by atoms with Crippen molar-refractivity contribution in [2.75, 3.05) is 13.2 Å². The summed E-state index contributed by atoms with van der Waals surface area (Å²) < 4.78 is 17.3. The molecule has 0 bridgehead atoms. The number of amides is 1. The van der Waals surface area contributed by atoms with Gasteiger partial charge in [-0.15, -0.1) is 0 Å². The average molecular weight is 497 g/mol. The highest BCUT2D eigenvalue weighted by atomic mass is 79.9. The van der Waals surface area contributed by atoms with Crippen LogP contribution in [0.1, 0.15) is 22.8 Å². The molecule has 3 rings (SSSR count). The summed E-state index contributed by atoms with van der Waals surface area (Å²) in [7, 11) is 0. The fourth-order valence-electron chi connectivity index (χ4n) is 2.61. The molecule has 0 aliphatic heterocycles. The van der Waals surface area contributed by atoms with E-state index in [9.17, 15) is 9.59 Å². The number of rotatable bonds is 9. The Morgan fingerprint density at radius 1 is 0.938 bits per heavy atom. The molecule has 0 atom stereocenters. The molecule has 3 aromatic rings. The predicted octanol–water partition coefficient (Wildman–Crippen LogP) is 4.60. The van der Waals surface area contributed by atoms with E-state index in [0.29, 0.717) is 35.0 Å². The number of hydrogen-bond acceptors (Lipinski definition) is 6. The van der Waals surface area contributed by atoms with Gasteiger partial charge in [-0.2, -0.15) is 5.10 Å². The molecule has 1 amide bonds. The molecule has 0 heterocycles. The smallest absolute Gasteiger partial charge is 0.343 e. The van der Waals surface area contributed by atoms with E-state index in [1.54, 1.807) is 48.5 Å². The normalized spacial score (nSPS) is 10.6. The fraction of sp³-hybridized carbons (Fsp3) is 0.125. The largest absolute Gasteiger partial charge is 0.490 e. The second-order valence-electron chi connectivity index (χ2n) is 6.41. The topological polar surface area (TPSA) is 86.2 Å². The van der Waals surface area contributed by atoms with Gasteiger partial charge in [-0.1, -0.05) is 30.3 Å². The van der Waals surface area contributed by atoms with Gasteiger partial charge in [-0.3, -0.25) is 4.79 Å². The van der Waals surface area contributed by atoms with Gasteiger partial charge in [0.2, 0.25) is 0 Å². The van der Waals surface area contributed by atoms with Gasteiger partial charge in [0.1, 0.15) is 5.75 Å². The van der Waals surface area contributed by atoms with Crippen LogP contribution in [-0.4, -0.2) is 31.3 Å². The van der Waals surface area contributed by atoms with Crippen LogP contribution in [-0.2, 0) is 4.79 Å². The summed E-state index contributed by atoms with van der Waals surface area (Å²) in [5, 5.41) is 3.94. The Morgan fingerprint density at radius 2 is 1.69 bits per heavy atom. The molecule has 32 heavy (non-hydrogen) atoms. The van der Waals surface area contributed by atoms with E-state index in [4.69, 9.17) is 14.2 Å². The summed E-state index contributed by atoms with van der Waals surface area (Å²) in [5.41, 5.74) is 3.50. The predicted molar refractivity (Wildman–Crippen MR) is 124 cm³/mol. The zero-order valence-electron chi connectivity index (χ0n) is 17.3. The maximum absolute atomic E-state index is 12.3. The first-order chi connectivity index (χ1) is 15.6. The third-order valence-corrected chi connectivity index (χ3v) is 4.73. The van der Waals surface area contributed by atoms with Crippen LogP contribution < -0.4 is 19.6 Å². The highest BCUT2D eigenvalue weighted by Crippen LogP contribution is 2.29. The zero-order valence-corrected chi connectivity index (χ0v) is 18.9. The van der Waals surface area contributed by atoms with Crippen molar-refractivity contribution < 1.29 is 23.8 Å². The Labute approximate surface area is 194 Å². The summed E-state index contributed by atoms with van der Waals surface area (Å²) >= 11 is 3.35. The van der Waals surface area contributed by atoms with Gasteiger partial charge >= 0.3 is 5.97 Å². The molecule has 0 unspecified atom stereocenters. The molecular weight excluding hydrogens is 476 g/mol. The molecule has 3 aromatic carbocycles. The number of benzene rings is 3. The van der Waals surface area contributed by atoms with E-state index in [1.807, 2.05) is 31.2 Å². The van der Waals surface area contributed by atoms with Gasteiger partial charge in [-0.25, -0.2) is 10.2 Å². The van der Waals surface area contributed by atoms with E-state index in [2.05, 4.69) is 26.5 Å². The lowest BCUT2D eigenvalue weighted by Gasteiger charge is -2.11. The van der Waals surface area contributed by atoms with Crippen molar-refractivity contribution in [1.29, 1.82) is 0 Å². The van der Waals surface area contributed by atoms with Crippen molar-refractivity contribution >= 4 is 34.0 Å². The number of ether oxygens (including phenoxy) is 3. The first-order valence-corrected chi connectivity index (χ1v) is 10.6. The minimum absolute atomic E-state index is 0.182. The van der Waals surface area contributed by atoms with Crippen molar-refractivity contribution in [2.24, 2.45) is 5.10 Å². The summed E-state index contributed by atoms with van der Waals surface area (Å²) in [5.74, 6) is 0.363. The lowest BCUT2D eigenvalue weighted by molar-refractivity contribution is -0.123. The number of hydrogen-bond donors (Lipinski definition) is 1. The van der Waals surface area contributed by atoms with Crippen molar-refractivity contribution in [2.45, 2.75) is 6.92 Å². The second-order valence-corrected chi connectivity index (χ2v) is 7.26. The molecule has 0 aliphatic carbocycles. The molecule has 8 heteroatoms. The number of hydrazone groups is 1. The number of halogens is 1. The van der Waals surface area contributed by atoms with Crippen LogP contribution in [0.15, 0.2) is 82.4 Å². The first kappa shape index (κ1) is 23.0. The monoisotopic (exact) mass is 496 g/mol. The molecule has 0 fully saturated rings. The standard InChI is InChI=1S/C24H21BrN2O5/c1-2-30-22-14-17(12-13-21(22)32-24(29)18-8-4-3-5-9-18)15-26-27-23(28)16-31-20-11-7-6-10-19(20)25/h3-15H,2,16H2,1H3,(H,27,28)/b26-15-. The summed E-state index contributed by atoms with van der Waals surface area (Å²) in [6.45, 7) is 2.03. The molecule has 7 nitrogen and oxygen atoms in total. The minimum Gasteiger partial charge on any atom is -0.490 e. The molecule has 0 saturated heterocycles. The van der Waals surface area contributed by atoms with E-state index in [1.165, 1.54) is 6.21 Å². The number of nitrogens with zero attached hydrogens (tertiary/aromatic N) is 1. The van der Waals surface area contributed by atoms with Gasteiger partial charge in [0.25, 0.3) is 5.91 Å². The van der Waals surface area contributed by atoms with Gasteiger partial charge in [0.15, 0.2) is 18.1 Å². The highest BCUT2D eigenvalue weighted by Gasteiger charge is 2.13. The quantitative estimate of drug-likeness (QED) is 0.202. The molecule has 0 saturated carbocycles. The molecule has 0 radical (unpaired) electrons. The average Bonchev–Trinajstić information content (AvgIpc) is 2.81. The Kier molecular flexibility index (Phi) is 8.39. The third kappa shape index (κ3) is 6.68. The molecule has 1 N–H and O–H groups in total. The number of esters is 1. The van der Waals surface area contributed by atoms with Gasteiger partial charge in [0.05, 0.1) is 22.9 Å². The third-order valence-electron chi connectivity index (χ3n) is 4.08.